The van der Waals surface area contributed by atoms with Crippen LogP contribution in [0, 0.1) is 0 Å². The molecule has 4 heteroatoms. The van der Waals surface area contributed by atoms with Crippen LogP contribution in [0.3, 0.4) is 0 Å². The molecule has 0 heterocycles. The van der Waals surface area contributed by atoms with Crippen molar-refractivity contribution in [1.29, 1.82) is 0 Å². The molecule has 0 saturated heterocycles. The van der Waals surface area contributed by atoms with Gasteiger partial charge in [-0.1, -0.05) is 54.1 Å². The molecule has 0 spiro atoms. The maximum absolute atomic E-state index is 5.99. The second-order valence-electron chi connectivity index (χ2n) is 4.19. The van der Waals surface area contributed by atoms with Crippen molar-refractivity contribution in [1.82, 2.24) is 0 Å². The minimum atomic E-state index is 0.490. The van der Waals surface area contributed by atoms with Crippen LogP contribution in [0.25, 0.3) is 0 Å². The molecule has 1 N–H and O–H groups in total. The number of halogens is 2. The molecule has 104 valence electrons. The highest BCUT2D eigenvalue weighted by molar-refractivity contribution is 6.42. The second-order valence-corrected chi connectivity index (χ2v) is 5.00. The Bertz CT molecular complexity index is 599. The molecule has 2 aromatic carbocycles. The maximum atomic E-state index is 5.99. The Kier molecular flexibility index (Phi) is 5.33. The normalized spacial score (nSPS) is 10.1. The Balaban J connectivity index is 2.06. The molecule has 0 amide bonds. The number of rotatable bonds is 6. The molecule has 0 saturated carbocycles. The van der Waals surface area contributed by atoms with Gasteiger partial charge in [0.05, 0.1) is 10.0 Å². The van der Waals surface area contributed by atoms with Crippen molar-refractivity contribution in [3.63, 3.8) is 0 Å². The predicted octanol–water partition coefficient (Wildman–Crippen LogP) is 5.17. The Morgan fingerprint density at radius 3 is 2.65 bits per heavy atom. The lowest BCUT2D eigenvalue weighted by atomic mass is 10.2. The van der Waals surface area contributed by atoms with Crippen LogP contribution < -0.4 is 10.1 Å². The van der Waals surface area contributed by atoms with E-state index in [2.05, 4.69) is 11.9 Å². The van der Waals surface area contributed by atoms with E-state index in [0.717, 1.165) is 17.0 Å². The Labute approximate surface area is 129 Å². The molecule has 0 unspecified atom stereocenters. The molecule has 2 aromatic rings. The first-order valence-electron chi connectivity index (χ1n) is 6.21. The summed E-state index contributed by atoms with van der Waals surface area (Å²) in [6.45, 7) is 4.78. The summed E-state index contributed by atoms with van der Waals surface area (Å²) in [6, 6.07) is 13.3. The molecular weight excluding hydrogens is 293 g/mol. The van der Waals surface area contributed by atoms with Gasteiger partial charge in [0.15, 0.2) is 0 Å². The number of ether oxygens (including phenoxy) is 1. The molecule has 2 nitrogen and oxygen atoms in total. The smallest absolute Gasteiger partial charge is 0.124 e. The summed E-state index contributed by atoms with van der Waals surface area (Å²) in [5.41, 5.74) is 1.98. The Morgan fingerprint density at radius 2 is 1.90 bits per heavy atom. The molecule has 0 aromatic heterocycles. The van der Waals surface area contributed by atoms with Crippen LogP contribution in [-0.2, 0) is 6.54 Å². The Hall–Kier alpha value is -1.64. The summed E-state index contributed by atoms with van der Waals surface area (Å²) < 4.78 is 5.61. The van der Waals surface area contributed by atoms with Crippen molar-refractivity contribution < 1.29 is 4.74 Å². The van der Waals surface area contributed by atoms with Gasteiger partial charge in [-0.15, -0.1) is 0 Å². The van der Waals surface area contributed by atoms with Crippen molar-refractivity contribution in [3.05, 3.63) is 70.7 Å². The third-order valence-electron chi connectivity index (χ3n) is 2.73. The molecule has 0 aliphatic carbocycles. The van der Waals surface area contributed by atoms with Gasteiger partial charge in [-0.25, -0.2) is 0 Å². The first kappa shape index (κ1) is 14.8. The summed E-state index contributed by atoms with van der Waals surface area (Å²) in [6.07, 6.45) is 1.73. The lowest BCUT2D eigenvalue weighted by molar-refractivity contribution is 0.359. The average molecular weight is 308 g/mol. The average Bonchev–Trinajstić information content (AvgIpc) is 2.47. The van der Waals surface area contributed by atoms with E-state index in [1.54, 1.807) is 18.2 Å². The van der Waals surface area contributed by atoms with E-state index < -0.39 is 0 Å². The summed E-state index contributed by atoms with van der Waals surface area (Å²) >= 11 is 11.9. The van der Waals surface area contributed by atoms with E-state index in [-0.39, 0.29) is 0 Å². The first-order valence-corrected chi connectivity index (χ1v) is 6.97. The topological polar surface area (TPSA) is 21.3 Å². The molecule has 0 fully saturated rings. The highest BCUT2D eigenvalue weighted by Gasteiger charge is 2.03. The number of benzene rings is 2. The van der Waals surface area contributed by atoms with Crippen LogP contribution >= 0.6 is 23.2 Å². The number of para-hydroxylation sites is 1. The molecule has 0 atom stereocenters. The lowest BCUT2D eigenvalue weighted by Gasteiger charge is -2.12. The lowest BCUT2D eigenvalue weighted by Crippen LogP contribution is -2.03. The van der Waals surface area contributed by atoms with Crippen molar-refractivity contribution in [2.45, 2.75) is 6.54 Å². The third-order valence-corrected chi connectivity index (χ3v) is 3.47. The summed E-state index contributed by atoms with van der Waals surface area (Å²) in [7, 11) is 0. The largest absolute Gasteiger partial charge is 0.489 e. The number of hydrogen-bond donors (Lipinski definition) is 1. The summed E-state index contributed by atoms with van der Waals surface area (Å²) in [5.74, 6) is 0.847. The van der Waals surface area contributed by atoms with Crippen LogP contribution in [0.4, 0.5) is 5.69 Å². The Morgan fingerprint density at radius 1 is 1.10 bits per heavy atom. The molecule has 0 aliphatic rings. The first-order chi connectivity index (χ1) is 9.70. The van der Waals surface area contributed by atoms with E-state index in [1.807, 2.05) is 30.3 Å². The monoisotopic (exact) mass is 307 g/mol. The highest BCUT2D eigenvalue weighted by Crippen LogP contribution is 2.26. The molecule has 0 aliphatic heterocycles. The molecule has 20 heavy (non-hydrogen) atoms. The van der Waals surface area contributed by atoms with E-state index >= 15 is 0 Å². The molecule has 2 rings (SSSR count). The number of anilines is 1. The SMILES string of the molecule is C=CCOc1ccccc1CNc1ccc(Cl)c(Cl)c1. The van der Waals surface area contributed by atoms with Gasteiger partial charge in [-0.3, -0.25) is 0 Å². The van der Waals surface area contributed by atoms with Crippen LogP contribution in [0.15, 0.2) is 55.1 Å². The number of nitrogens with one attached hydrogen (secondary N) is 1. The standard InChI is InChI=1S/C16H15Cl2NO/c1-2-9-20-16-6-4-3-5-12(16)11-19-13-7-8-14(17)15(18)10-13/h2-8,10,19H,1,9,11H2. The van der Waals surface area contributed by atoms with Gasteiger partial charge >= 0.3 is 0 Å². The fourth-order valence-corrected chi connectivity index (χ4v) is 2.04. The van der Waals surface area contributed by atoms with Gasteiger partial charge in [-0.2, -0.15) is 0 Å². The van der Waals surface area contributed by atoms with Gasteiger partial charge in [-0.05, 0) is 24.3 Å². The van der Waals surface area contributed by atoms with E-state index in [0.29, 0.717) is 23.2 Å². The zero-order valence-corrected chi connectivity index (χ0v) is 12.4. The summed E-state index contributed by atoms with van der Waals surface area (Å²) in [5, 5.41) is 4.38. The van der Waals surface area contributed by atoms with Crippen molar-refractivity contribution >= 4 is 28.9 Å². The van der Waals surface area contributed by atoms with Crippen LogP contribution in [0.2, 0.25) is 10.0 Å². The second kappa shape index (κ2) is 7.22. The highest BCUT2D eigenvalue weighted by atomic mass is 35.5. The van der Waals surface area contributed by atoms with E-state index in [9.17, 15) is 0 Å². The zero-order valence-electron chi connectivity index (χ0n) is 10.9. The molecule has 0 radical (unpaired) electrons. The van der Waals surface area contributed by atoms with Crippen LogP contribution in [-0.4, -0.2) is 6.61 Å². The summed E-state index contributed by atoms with van der Waals surface area (Å²) in [4.78, 5) is 0. The molecule has 0 bridgehead atoms. The minimum absolute atomic E-state index is 0.490. The third kappa shape index (κ3) is 3.92. The fraction of sp³-hybridized carbons (Fsp3) is 0.125. The number of hydrogen-bond acceptors (Lipinski definition) is 2. The van der Waals surface area contributed by atoms with E-state index in [1.165, 1.54) is 0 Å². The van der Waals surface area contributed by atoms with Crippen LogP contribution in [0.1, 0.15) is 5.56 Å². The molecular formula is C16H15Cl2NO. The minimum Gasteiger partial charge on any atom is -0.489 e. The van der Waals surface area contributed by atoms with Crippen molar-refractivity contribution in [3.8, 4) is 5.75 Å². The van der Waals surface area contributed by atoms with Gasteiger partial charge < -0.3 is 10.1 Å². The van der Waals surface area contributed by atoms with Crippen LogP contribution in [0.5, 0.6) is 5.75 Å². The fourth-order valence-electron chi connectivity index (χ4n) is 1.74. The van der Waals surface area contributed by atoms with Crippen molar-refractivity contribution in [2.24, 2.45) is 0 Å². The zero-order chi connectivity index (χ0) is 14.4. The van der Waals surface area contributed by atoms with E-state index in [4.69, 9.17) is 27.9 Å². The quantitative estimate of drug-likeness (QED) is 0.743. The van der Waals surface area contributed by atoms with Gasteiger partial charge in [0, 0.05) is 17.8 Å². The van der Waals surface area contributed by atoms with Gasteiger partial charge in [0.2, 0.25) is 0 Å². The maximum Gasteiger partial charge on any atom is 0.124 e. The predicted molar refractivity (Wildman–Crippen MR) is 85.9 cm³/mol. The van der Waals surface area contributed by atoms with Crippen molar-refractivity contribution in [2.75, 3.05) is 11.9 Å². The van der Waals surface area contributed by atoms with Gasteiger partial charge in [0.1, 0.15) is 12.4 Å². The van der Waals surface area contributed by atoms with Gasteiger partial charge in [0.25, 0.3) is 0 Å².